The summed E-state index contributed by atoms with van der Waals surface area (Å²) < 4.78 is 0.775. The first-order valence-electron chi connectivity index (χ1n) is 5.89. The summed E-state index contributed by atoms with van der Waals surface area (Å²) in [5.41, 5.74) is 9.24. The van der Waals surface area contributed by atoms with Crippen LogP contribution in [0.1, 0.15) is 16.8 Å². The van der Waals surface area contributed by atoms with Crippen molar-refractivity contribution >= 4 is 56.2 Å². The average Bonchev–Trinajstić information content (AvgIpc) is 2.33. The lowest BCUT2D eigenvalue weighted by atomic mass is 10.1. The smallest absolute Gasteiger partial charge is 0.141 e. The van der Waals surface area contributed by atoms with Gasteiger partial charge < -0.3 is 11.1 Å². The van der Waals surface area contributed by atoms with Crippen LogP contribution in [0.5, 0.6) is 0 Å². The van der Waals surface area contributed by atoms with Crippen LogP contribution >= 0.6 is 39.7 Å². The van der Waals surface area contributed by atoms with E-state index >= 15 is 0 Å². The second-order valence-electron chi connectivity index (χ2n) is 4.39. The van der Waals surface area contributed by atoms with Gasteiger partial charge in [-0.15, -0.1) is 0 Å². The van der Waals surface area contributed by atoms with Crippen LogP contribution in [0, 0.1) is 13.8 Å². The summed E-state index contributed by atoms with van der Waals surface area (Å²) in [5.74, 6) is 0.637. The molecule has 6 heteroatoms. The Kier molecular flexibility index (Phi) is 4.62. The summed E-state index contributed by atoms with van der Waals surface area (Å²) in [6.45, 7) is 3.88. The molecule has 2 aromatic rings. The third kappa shape index (κ3) is 3.11. The van der Waals surface area contributed by atoms with E-state index in [0.717, 1.165) is 27.0 Å². The molecule has 0 unspecified atom stereocenters. The van der Waals surface area contributed by atoms with Gasteiger partial charge >= 0.3 is 0 Å². The molecule has 0 spiro atoms. The summed E-state index contributed by atoms with van der Waals surface area (Å²) in [6, 6.07) is 7.52. The van der Waals surface area contributed by atoms with Crippen molar-refractivity contribution in [2.75, 3.05) is 5.32 Å². The van der Waals surface area contributed by atoms with E-state index in [2.05, 4.69) is 26.2 Å². The molecule has 0 radical (unpaired) electrons. The third-order valence-corrected chi connectivity index (χ3v) is 4.40. The van der Waals surface area contributed by atoms with Gasteiger partial charge in [0.15, 0.2) is 0 Å². The van der Waals surface area contributed by atoms with E-state index in [1.165, 1.54) is 0 Å². The van der Waals surface area contributed by atoms with E-state index in [-0.39, 0.29) is 0 Å². The second kappa shape index (κ2) is 6.08. The molecule has 3 N–H and O–H groups in total. The number of hydrogen-bond acceptors (Lipinski definition) is 3. The number of aromatic nitrogens is 1. The first kappa shape index (κ1) is 15.2. The molecule has 104 valence electrons. The normalized spacial score (nSPS) is 10.4. The quantitative estimate of drug-likeness (QED) is 0.781. The zero-order valence-corrected chi connectivity index (χ0v) is 14.2. The Labute approximate surface area is 136 Å². The molecule has 1 heterocycles. The van der Waals surface area contributed by atoms with Crippen molar-refractivity contribution in [2.45, 2.75) is 13.8 Å². The van der Waals surface area contributed by atoms with E-state index in [0.29, 0.717) is 15.8 Å². The number of benzene rings is 1. The second-order valence-corrected chi connectivity index (χ2v) is 6.03. The number of nitrogens with zero attached hydrogens (tertiary/aromatic N) is 1. The van der Waals surface area contributed by atoms with E-state index in [1.54, 1.807) is 6.07 Å². The lowest BCUT2D eigenvalue weighted by Crippen LogP contribution is -2.15. The van der Waals surface area contributed by atoms with Crippen LogP contribution in [-0.4, -0.2) is 9.97 Å². The van der Waals surface area contributed by atoms with Crippen LogP contribution in [0.3, 0.4) is 0 Å². The molecular formula is C14H13BrClN3S. The standard InChI is InChI=1S/C14H13BrClN3S/c1-7-6-8(2)18-14(11(7)13(17)20)19-10-5-3-4-9(16)12(10)15/h3-6H,1-2H3,(H2,17,20)(H,18,19). The van der Waals surface area contributed by atoms with Crippen molar-refractivity contribution in [3.63, 3.8) is 0 Å². The molecule has 2 rings (SSSR count). The number of nitrogens with one attached hydrogen (secondary N) is 1. The maximum Gasteiger partial charge on any atom is 0.141 e. The largest absolute Gasteiger partial charge is 0.389 e. The SMILES string of the molecule is Cc1cc(C)c(C(N)=S)c(Nc2cccc(Cl)c2Br)n1. The van der Waals surface area contributed by atoms with Gasteiger partial charge in [0, 0.05) is 5.69 Å². The summed E-state index contributed by atoms with van der Waals surface area (Å²) in [6.07, 6.45) is 0. The lowest BCUT2D eigenvalue weighted by molar-refractivity contribution is 1.17. The van der Waals surface area contributed by atoms with Crippen molar-refractivity contribution in [3.05, 3.63) is 50.6 Å². The van der Waals surface area contributed by atoms with Crippen LogP contribution in [-0.2, 0) is 0 Å². The van der Waals surface area contributed by atoms with Gasteiger partial charge in [0.25, 0.3) is 0 Å². The maximum atomic E-state index is 6.09. The highest BCUT2D eigenvalue weighted by Crippen LogP contribution is 2.33. The Hall–Kier alpha value is -1.17. The van der Waals surface area contributed by atoms with Crippen molar-refractivity contribution in [1.82, 2.24) is 4.98 Å². The Morgan fingerprint density at radius 2 is 2.10 bits per heavy atom. The fraction of sp³-hybridized carbons (Fsp3) is 0.143. The molecule has 0 saturated carbocycles. The van der Waals surface area contributed by atoms with Gasteiger partial charge in [-0.2, -0.15) is 0 Å². The molecule has 20 heavy (non-hydrogen) atoms. The summed E-state index contributed by atoms with van der Waals surface area (Å²) in [4.78, 5) is 4.79. The van der Waals surface area contributed by atoms with E-state index < -0.39 is 0 Å². The van der Waals surface area contributed by atoms with Crippen molar-refractivity contribution in [2.24, 2.45) is 5.73 Å². The number of pyridine rings is 1. The van der Waals surface area contributed by atoms with Crippen LogP contribution in [0.15, 0.2) is 28.7 Å². The maximum absolute atomic E-state index is 6.09. The molecule has 1 aromatic carbocycles. The fourth-order valence-electron chi connectivity index (χ4n) is 1.97. The molecule has 0 atom stereocenters. The minimum Gasteiger partial charge on any atom is -0.389 e. The van der Waals surface area contributed by atoms with Gasteiger partial charge in [0.1, 0.15) is 10.8 Å². The predicted molar refractivity (Wildman–Crippen MR) is 92.0 cm³/mol. The number of nitrogens with two attached hydrogens (primary N) is 1. The van der Waals surface area contributed by atoms with Gasteiger partial charge in [-0.05, 0) is 53.5 Å². The van der Waals surface area contributed by atoms with Gasteiger partial charge in [-0.1, -0.05) is 29.9 Å². The van der Waals surface area contributed by atoms with E-state index in [4.69, 9.17) is 29.6 Å². The van der Waals surface area contributed by atoms with Crippen molar-refractivity contribution < 1.29 is 0 Å². The number of thiocarbonyl (C=S) groups is 1. The topological polar surface area (TPSA) is 50.9 Å². The Bertz CT molecular complexity index is 688. The highest BCUT2D eigenvalue weighted by atomic mass is 79.9. The van der Waals surface area contributed by atoms with Crippen LogP contribution in [0.4, 0.5) is 11.5 Å². The summed E-state index contributed by atoms with van der Waals surface area (Å²) >= 11 is 14.7. The monoisotopic (exact) mass is 369 g/mol. The first-order valence-corrected chi connectivity index (χ1v) is 7.47. The minimum atomic E-state index is 0.315. The molecule has 1 aromatic heterocycles. The Morgan fingerprint density at radius 1 is 1.40 bits per heavy atom. The highest BCUT2D eigenvalue weighted by Gasteiger charge is 2.13. The van der Waals surface area contributed by atoms with E-state index in [1.807, 2.05) is 32.0 Å². The van der Waals surface area contributed by atoms with Crippen molar-refractivity contribution in [3.8, 4) is 0 Å². The van der Waals surface area contributed by atoms with Crippen LogP contribution in [0.25, 0.3) is 0 Å². The molecule has 0 aliphatic rings. The van der Waals surface area contributed by atoms with Crippen LogP contribution < -0.4 is 11.1 Å². The number of anilines is 2. The molecule has 0 aliphatic heterocycles. The molecule has 0 fully saturated rings. The lowest BCUT2D eigenvalue weighted by Gasteiger charge is -2.15. The highest BCUT2D eigenvalue weighted by molar-refractivity contribution is 9.10. The summed E-state index contributed by atoms with van der Waals surface area (Å²) in [5, 5.41) is 3.86. The third-order valence-electron chi connectivity index (χ3n) is 2.80. The molecule has 0 saturated heterocycles. The zero-order valence-electron chi connectivity index (χ0n) is 11.0. The van der Waals surface area contributed by atoms with Gasteiger partial charge in [-0.25, -0.2) is 4.98 Å². The van der Waals surface area contributed by atoms with Gasteiger partial charge in [0.2, 0.25) is 0 Å². The average molecular weight is 371 g/mol. The van der Waals surface area contributed by atoms with E-state index in [9.17, 15) is 0 Å². The number of halogens is 2. The Morgan fingerprint density at radius 3 is 2.75 bits per heavy atom. The fourth-order valence-corrected chi connectivity index (χ4v) is 2.76. The Balaban J connectivity index is 2.53. The minimum absolute atomic E-state index is 0.315. The molecule has 3 nitrogen and oxygen atoms in total. The van der Waals surface area contributed by atoms with Crippen molar-refractivity contribution in [1.29, 1.82) is 0 Å². The number of aryl methyl sites for hydroxylation is 2. The molecule has 0 aliphatic carbocycles. The zero-order chi connectivity index (χ0) is 14.9. The van der Waals surface area contributed by atoms with Gasteiger partial charge in [-0.3, -0.25) is 0 Å². The summed E-state index contributed by atoms with van der Waals surface area (Å²) in [7, 11) is 0. The number of hydrogen-bond donors (Lipinski definition) is 2. The van der Waals surface area contributed by atoms with Crippen LogP contribution in [0.2, 0.25) is 5.02 Å². The number of rotatable bonds is 3. The molecule has 0 bridgehead atoms. The predicted octanol–water partition coefficient (Wildman–Crippen LogP) is 4.49. The first-order chi connectivity index (χ1) is 9.40. The molecular weight excluding hydrogens is 358 g/mol. The molecule has 0 amide bonds. The van der Waals surface area contributed by atoms with Gasteiger partial charge in [0.05, 0.1) is 20.7 Å².